The van der Waals surface area contributed by atoms with Gasteiger partial charge in [0.05, 0.1) is 0 Å². The molecule has 0 radical (unpaired) electrons. The molecular weight excluding hydrogens is 327 g/mol. The Hall–Kier alpha value is -2.19. The summed E-state index contributed by atoms with van der Waals surface area (Å²) in [5.41, 5.74) is 5.18. The summed E-state index contributed by atoms with van der Waals surface area (Å²) in [5, 5.41) is 2.63. The fourth-order valence-electron chi connectivity index (χ4n) is 3.73. The maximum absolute atomic E-state index is 2.43. The van der Waals surface area contributed by atoms with Crippen LogP contribution >= 0.6 is 7.83 Å². The van der Waals surface area contributed by atoms with Crippen molar-refractivity contribution in [2.45, 2.75) is 26.9 Å². The van der Waals surface area contributed by atoms with Gasteiger partial charge in [0.15, 0.2) is 0 Å². The molecule has 0 spiro atoms. The van der Waals surface area contributed by atoms with Crippen LogP contribution in [-0.2, 0) is 27.2 Å². The molecule has 0 aliphatic rings. The van der Waals surface area contributed by atoms with Gasteiger partial charge in [-0.15, -0.1) is 0 Å². The third kappa shape index (κ3) is 2.39. The van der Waals surface area contributed by atoms with Crippen LogP contribution in [0.4, 0.5) is 0 Å². The number of nitrogens with zero attached hydrogens (tertiary/aromatic N) is 4. The van der Waals surface area contributed by atoms with Crippen molar-refractivity contribution in [2.24, 2.45) is 14.1 Å². The van der Waals surface area contributed by atoms with Gasteiger partial charge >= 0.3 is 148 Å². The minimum absolute atomic E-state index is 0.972. The van der Waals surface area contributed by atoms with Crippen LogP contribution in [0.3, 0.4) is 0 Å². The predicted molar refractivity (Wildman–Crippen MR) is 107 cm³/mol. The van der Waals surface area contributed by atoms with E-state index in [9.17, 15) is 0 Å². The molecule has 128 valence electrons. The van der Waals surface area contributed by atoms with Gasteiger partial charge in [0.25, 0.3) is 0 Å². The van der Waals surface area contributed by atoms with Gasteiger partial charge in [0, 0.05) is 0 Å². The average molecular weight is 351 g/mol. The molecule has 2 heterocycles. The molecule has 0 saturated carbocycles. The van der Waals surface area contributed by atoms with E-state index in [4.69, 9.17) is 0 Å². The number of para-hydroxylation sites is 4. The third-order valence-corrected chi connectivity index (χ3v) is 6.47. The number of aromatic nitrogens is 4. The number of fused-ring (bicyclic) bond motifs is 2. The Morgan fingerprint density at radius 2 is 1.00 bits per heavy atom. The molecule has 4 rings (SSSR count). The second kappa shape index (κ2) is 6.27. The van der Waals surface area contributed by atoms with E-state index in [-0.39, 0.29) is 0 Å². The Labute approximate surface area is 148 Å². The first kappa shape index (κ1) is 16.3. The Morgan fingerprint density at radius 3 is 1.36 bits per heavy atom. The number of benzene rings is 2. The number of imidazole rings is 2. The molecule has 4 aromatic rings. The summed E-state index contributed by atoms with van der Waals surface area (Å²) in [5.74, 6) is 0. The number of rotatable bonds is 2. The molecule has 0 bridgehead atoms. The monoisotopic (exact) mass is 351 g/mol. The molecule has 4 nitrogen and oxygen atoms in total. The van der Waals surface area contributed by atoms with E-state index in [1.165, 1.54) is 40.3 Å². The van der Waals surface area contributed by atoms with E-state index in [2.05, 4.69) is 94.7 Å². The van der Waals surface area contributed by atoms with E-state index >= 15 is 0 Å². The van der Waals surface area contributed by atoms with Crippen LogP contribution < -0.4 is 0 Å². The first-order valence-corrected chi connectivity index (χ1v) is 9.73. The van der Waals surface area contributed by atoms with Crippen molar-refractivity contribution >= 4 is 29.9 Å². The normalized spacial score (nSPS) is 11.5. The second-order valence-electron chi connectivity index (χ2n) is 6.30. The zero-order chi connectivity index (χ0) is 17.6. The molecule has 2 aromatic heterocycles. The quantitative estimate of drug-likeness (QED) is 0.452. The summed E-state index contributed by atoms with van der Waals surface area (Å²) in [6.45, 7) is 6.39. The van der Waals surface area contributed by atoms with Gasteiger partial charge in [-0.2, -0.15) is 0 Å². The van der Waals surface area contributed by atoms with E-state index in [0.717, 1.165) is 13.1 Å². The minimum atomic E-state index is 0.972. The SMILES string of the molecule is CCn1c(=[P+]=c2n(C)c3ccccc3n2CC)n(C)c2ccccc21. The first-order chi connectivity index (χ1) is 12.2. The summed E-state index contributed by atoms with van der Waals surface area (Å²) in [4.78, 5) is 0. The molecule has 0 N–H and O–H groups in total. The molecule has 0 aliphatic heterocycles. The Morgan fingerprint density at radius 1 is 0.640 bits per heavy atom. The third-order valence-electron chi connectivity index (χ3n) is 4.98. The fourth-order valence-corrected chi connectivity index (χ4v) is 5.16. The van der Waals surface area contributed by atoms with Gasteiger partial charge in [-0.1, -0.05) is 0 Å². The van der Waals surface area contributed by atoms with E-state index in [1.807, 2.05) is 0 Å². The molecule has 0 unspecified atom stereocenters. The van der Waals surface area contributed by atoms with Crippen LogP contribution in [0.1, 0.15) is 13.8 Å². The van der Waals surface area contributed by atoms with E-state index < -0.39 is 0 Å². The van der Waals surface area contributed by atoms with Crippen molar-refractivity contribution in [2.75, 3.05) is 0 Å². The van der Waals surface area contributed by atoms with Gasteiger partial charge < -0.3 is 0 Å². The van der Waals surface area contributed by atoms with Crippen molar-refractivity contribution < 1.29 is 0 Å². The number of hydrogen-bond donors (Lipinski definition) is 0. The van der Waals surface area contributed by atoms with E-state index in [1.54, 1.807) is 0 Å². The summed E-state index contributed by atoms with van der Waals surface area (Å²) >= 11 is 0. The van der Waals surface area contributed by atoms with Crippen LogP contribution in [0, 0.1) is 10.4 Å². The topological polar surface area (TPSA) is 19.7 Å². The first-order valence-electron chi connectivity index (χ1n) is 8.83. The van der Waals surface area contributed by atoms with Crippen molar-refractivity contribution in [3.8, 4) is 0 Å². The average Bonchev–Trinajstić information content (AvgIpc) is 3.08. The summed E-state index contributed by atoms with van der Waals surface area (Å²) in [7, 11) is 5.58. The van der Waals surface area contributed by atoms with Gasteiger partial charge in [0.1, 0.15) is 0 Å². The summed E-state index contributed by atoms with van der Waals surface area (Å²) < 4.78 is 9.51. The number of aryl methyl sites for hydroxylation is 4. The second-order valence-corrected chi connectivity index (χ2v) is 7.32. The van der Waals surface area contributed by atoms with Crippen LogP contribution in [0.15, 0.2) is 48.5 Å². The van der Waals surface area contributed by atoms with Gasteiger partial charge in [-0.3, -0.25) is 0 Å². The predicted octanol–water partition coefficient (Wildman–Crippen LogP) is 5.02. The Kier molecular flexibility index (Phi) is 4.09. The fraction of sp³-hybridized carbons (Fsp3) is 0.300. The van der Waals surface area contributed by atoms with E-state index in [0.29, 0.717) is 0 Å². The van der Waals surface area contributed by atoms with Gasteiger partial charge in [0.2, 0.25) is 0 Å². The van der Waals surface area contributed by atoms with Crippen molar-refractivity contribution in [3.05, 3.63) is 58.9 Å². The molecule has 2 aromatic carbocycles. The molecule has 25 heavy (non-hydrogen) atoms. The molecule has 0 fully saturated rings. The van der Waals surface area contributed by atoms with Crippen LogP contribution in [0.5, 0.6) is 0 Å². The standard InChI is InChI=1S/C20H24N4P/c1-5-23-17-13-9-7-11-15(17)21(3)19(23)25-20-22(4)16-12-8-10-14-18(16)24(20)6-2/h7-14H,5-6H2,1-4H3/q+1. The van der Waals surface area contributed by atoms with Crippen LogP contribution in [-0.4, -0.2) is 18.3 Å². The van der Waals surface area contributed by atoms with Gasteiger partial charge in [-0.05, 0) is 0 Å². The zero-order valence-electron chi connectivity index (χ0n) is 15.3. The molecule has 0 amide bonds. The molecular formula is C20H24N4P+. The summed E-state index contributed by atoms with van der Waals surface area (Å²) in [6, 6.07) is 17.3. The zero-order valence-corrected chi connectivity index (χ0v) is 16.2. The number of hydrogen-bond acceptors (Lipinski definition) is 0. The molecule has 0 aliphatic carbocycles. The Bertz CT molecular complexity index is 1130. The molecule has 0 saturated heterocycles. The van der Waals surface area contributed by atoms with Crippen molar-refractivity contribution in [1.29, 1.82) is 0 Å². The van der Waals surface area contributed by atoms with Crippen molar-refractivity contribution in [3.63, 3.8) is 0 Å². The molecule has 5 heteroatoms. The Balaban J connectivity index is 2.32. The molecule has 0 atom stereocenters. The van der Waals surface area contributed by atoms with Gasteiger partial charge in [-0.25, -0.2) is 0 Å². The van der Waals surface area contributed by atoms with Crippen LogP contribution in [0.2, 0.25) is 0 Å². The van der Waals surface area contributed by atoms with Crippen LogP contribution in [0.25, 0.3) is 22.1 Å². The summed E-state index contributed by atoms with van der Waals surface area (Å²) in [6.07, 6.45) is 0. The maximum atomic E-state index is 2.43. The van der Waals surface area contributed by atoms with Crippen molar-refractivity contribution in [1.82, 2.24) is 18.3 Å².